The van der Waals surface area contributed by atoms with E-state index >= 15 is 0 Å². The molecule has 1 aliphatic carbocycles. The molecule has 1 fully saturated rings. The maximum Gasteiger partial charge on any atom is 0.407 e. The molecule has 2 aromatic rings. The molecular weight excluding hydrogens is 320 g/mol. The van der Waals surface area contributed by atoms with E-state index in [1.807, 2.05) is 39.0 Å². The number of nitrogens with zero attached hydrogens (tertiary/aromatic N) is 1. The lowest BCUT2D eigenvalue weighted by Gasteiger charge is -2.21. The van der Waals surface area contributed by atoms with Crippen LogP contribution in [0.3, 0.4) is 0 Å². The van der Waals surface area contributed by atoms with Crippen LogP contribution in [0.1, 0.15) is 51.0 Å². The number of alkyl carbamates (subject to hydrolysis) is 1. The fourth-order valence-electron chi connectivity index (χ4n) is 3.03. The maximum absolute atomic E-state index is 11.9. The quantitative estimate of drug-likeness (QED) is 0.855. The van der Waals surface area contributed by atoms with Crippen molar-refractivity contribution >= 4 is 17.4 Å². The van der Waals surface area contributed by atoms with Gasteiger partial charge in [0, 0.05) is 22.9 Å². The second-order valence-corrected chi connectivity index (χ2v) is 8.18. The van der Waals surface area contributed by atoms with Gasteiger partial charge in [-0.3, -0.25) is 0 Å². The Morgan fingerprint density at radius 2 is 2.00 bits per heavy atom. The zero-order valence-corrected chi connectivity index (χ0v) is 15.2. The topological polar surface area (TPSA) is 51.2 Å². The van der Waals surface area contributed by atoms with Gasteiger partial charge >= 0.3 is 6.09 Å². The number of benzene rings is 1. The zero-order chi connectivity index (χ0) is 17.2. The average Bonchev–Trinajstić information content (AvgIpc) is 3.15. The van der Waals surface area contributed by atoms with Crippen LogP contribution in [-0.4, -0.2) is 22.7 Å². The molecule has 4 nitrogen and oxygen atoms in total. The molecule has 1 saturated carbocycles. The number of rotatable bonds is 3. The lowest BCUT2D eigenvalue weighted by Crippen LogP contribution is -2.37. The molecular formula is C19H24N2O2S. The molecule has 1 aromatic heterocycles. The van der Waals surface area contributed by atoms with Crippen molar-refractivity contribution in [3.8, 4) is 11.3 Å². The molecule has 128 valence electrons. The number of hydrogen-bond donors (Lipinski definition) is 1. The van der Waals surface area contributed by atoms with Crippen molar-refractivity contribution in [3.63, 3.8) is 0 Å². The van der Waals surface area contributed by atoms with E-state index in [0.29, 0.717) is 5.92 Å². The monoisotopic (exact) mass is 344 g/mol. The van der Waals surface area contributed by atoms with Crippen molar-refractivity contribution in [2.75, 3.05) is 0 Å². The second kappa shape index (κ2) is 6.93. The molecule has 5 heteroatoms. The molecule has 0 aliphatic heterocycles. The Kier molecular flexibility index (Phi) is 4.90. The van der Waals surface area contributed by atoms with Crippen LogP contribution in [0, 0.1) is 0 Å². The predicted octanol–water partition coefficient (Wildman–Crippen LogP) is 4.97. The molecule has 1 N–H and O–H groups in total. The molecule has 1 aromatic carbocycles. The Balaban J connectivity index is 1.58. The van der Waals surface area contributed by atoms with Crippen molar-refractivity contribution in [2.45, 2.75) is 57.6 Å². The lowest BCUT2D eigenvalue weighted by molar-refractivity contribution is 0.0505. The van der Waals surface area contributed by atoms with Gasteiger partial charge in [0.15, 0.2) is 0 Å². The summed E-state index contributed by atoms with van der Waals surface area (Å²) in [6, 6.07) is 10.4. The molecule has 2 atom stereocenters. The number of thiazole rings is 1. The molecule has 3 rings (SSSR count). The summed E-state index contributed by atoms with van der Waals surface area (Å²) in [5.41, 5.74) is 1.74. The van der Waals surface area contributed by atoms with Gasteiger partial charge in [-0.1, -0.05) is 30.3 Å². The molecule has 0 saturated heterocycles. The van der Waals surface area contributed by atoms with Gasteiger partial charge in [-0.05, 0) is 40.0 Å². The van der Waals surface area contributed by atoms with Crippen LogP contribution < -0.4 is 5.32 Å². The van der Waals surface area contributed by atoms with Gasteiger partial charge in [-0.2, -0.15) is 0 Å². The SMILES string of the molecule is CC(C)(C)OC(=O)N[C@H]1CCC(c2nc(-c3ccccc3)cs2)C1. The summed E-state index contributed by atoms with van der Waals surface area (Å²) in [4.78, 5) is 16.7. The van der Waals surface area contributed by atoms with Crippen molar-refractivity contribution < 1.29 is 9.53 Å². The van der Waals surface area contributed by atoms with Crippen molar-refractivity contribution in [2.24, 2.45) is 0 Å². The van der Waals surface area contributed by atoms with Crippen LogP contribution in [0.4, 0.5) is 4.79 Å². The van der Waals surface area contributed by atoms with Gasteiger partial charge < -0.3 is 10.1 Å². The Morgan fingerprint density at radius 3 is 2.71 bits per heavy atom. The van der Waals surface area contributed by atoms with E-state index in [4.69, 9.17) is 9.72 Å². The lowest BCUT2D eigenvalue weighted by atomic mass is 10.1. The van der Waals surface area contributed by atoms with Crippen LogP contribution in [0.2, 0.25) is 0 Å². The van der Waals surface area contributed by atoms with Crippen LogP contribution in [0.25, 0.3) is 11.3 Å². The molecule has 1 unspecified atom stereocenters. The summed E-state index contributed by atoms with van der Waals surface area (Å²) in [5.74, 6) is 0.424. The zero-order valence-electron chi connectivity index (χ0n) is 14.4. The van der Waals surface area contributed by atoms with Crippen molar-refractivity contribution in [1.29, 1.82) is 0 Å². The van der Waals surface area contributed by atoms with E-state index in [9.17, 15) is 4.79 Å². The molecule has 0 radical (unpaired) electrons. The minimum atomic E-state index is -0.456. The van der Waals surface area contributed by atoms with Crippen LogP contribution in [-0.2, 0) is 4.74 Å². The highest BCUT2D eigenvalue weighted by Crippen LogP contribution is 2.37. The van der Waals surface area contributed by atoms with E-state index in [2.05, 4.69) is 22.8 Å². The third kappa shape index (κ3) is 4.35. The predicted molar refractivity (Wildman–Crippen MR) is 97.3 cm³/mol. The number of hydrogen-bond acceptors (Lipinski definition) is 4. The largest absolute Gasteiger partial charge is 0.444 e. The third-order valence-corrected chi connectivity index (χ3v) is 5.10. The second-order valence-electron chi connectivity index (χ2n) is 7.29. The number of nitrogens with one attached hydrogen (secondary N) is 1. The van der Waals surface area contributed by atoms with Gasteiger partial charge in [0.2, 0.25) is 0 Å². The highest BCUT2D eigenvalue weighted by Gasteiger charge is 2.30. The summed E-state index contributed by atoms with van der Waals surface area (Å²) in [6.07, 6.45) is 2.64. The number of carbonyl (C=O) groups is 1. The van der Waals surface area contributed by atoms with Crippen molar-refractivity contribution in [1.82, 2.24) is 10.3 Å². The van der Waals surface area contributed by atoms with Crippen LogP contribution >= 0.6 is 11.3 Å². The minimum absolute atomic E-state index is 0.175. The Bertz CT molecular complexity index is 691. The smallest absolute Gasteiger partial charge is 0.407 e. The molecule has 1 heterocycles. The number of carbonyl (C=O) groups excluding carboxylic acids is 1. The maximum atomic E-state index is 11.9. The van der Waals surface area contributed by atoms with E-state index in [1.54, 1.807) is 11.3 Å². The standard InChI is InChI=1S/C19H24N2O2S/c1-19(2,3)23-18(22)20-15-10-9-14(11-15)17-21-16(12-24-17)13-7-5-4-6-8-13/h4-8,12,14-15H,9-11H2,1-3H3,(H,20,22)/t14?,15-/m0/s1. The fraction of sp³-hybridized carbons (Fsp3) is 0.474. The van der Waals surface area contributed by atoms with E-state index in [0.717, 1.165) is 30.5 Å². The van der Waals surface area contributed by atoms with Gasteiger partial charge in [-0.15, -0.1) is 11.3 Å². The Labute approximate surface area is 147 Å². The normalized spacial score (nSPS) is 20.8. The minimum Gasteiger partial charge on any atom is -0.444 e. The van der Waals surface area contributed by atoms with Crippen molar-refractivity contribution in [3.05, 3.63) is 40.7 Å². The summed E-state index contributed by atoms with van der Waals surface area (Å²) in [5, 5.41) is 6.28. The molecule has 0 bridgehead atoms. The highest BCUT2D eigenvalue weighted by molar-refractivity contribution is 7.10. The number of amides is 1. The van der Waals surface area contributed by atoms with E-state index in [-0.39, 0.29) is 12.1 Å². The molecule has 24 heavy (non-hydrogen) atoms. The molecule has 1 aliphatic rings. The summed E-state index contributed by atoms with van der Waals surface area (Å²) < 4.78 is 5.34. The van der Waals surface area contributed by atoms with E-state index in [1.165, 1.54) is 5.01 Å². The Hall–Kier alpha value is -1.88. The summed E-state index contributed by atoms with van der Waals surface area (Å²) in [7, 11) is 0. The summed E-state index contributed by atoms with van der Waals surface area (Å²) >= 11 is 1.72. The van der Waals surface area contributed by atoms with Crippen LogP contribution in [0.5, 0.6) is 0 Å². The van der Waals surface area contributed by atoms with Gasteiger partial charge in [-0.25, -0.2) is 9.78 Å². The van der Waals surface area contributed by atoms with Gasteiger partial charge in [0.05, 0.1) is 10.7 Å². The molecule has 0 spiro atoms. The molecule has 1 amide bonds. The summed E-state index contributed by atoms with van der Waals surface area (Å²) in [6.45, 7) is 5.64. The first-order chi connectivity index (χ1) is 11.4. The fourth-order valence-corrected chi connectivity index (χ4v) is 4.01. The van der Waals surface area contributed by atoms with Gasteiger partial charge in [0.1, 0.15) is 5.60 Å². The van der Waals surface area contributed by atoms with Crippen LogP contribution in [0.15, 0.2) is 35.7 Å². The number of aromatic nitrogens is 1. The first-order valence-corrected chi connectivity index (χ1v) is 9.29. The van der Waals surface area contributed by atoms with E-state index < -0.39 is 5.60 Å². The van der Waals surface area contributed by atoms with Gasteiger partial charge in [0.25, 0.3) is 0 Å². The number of ether oxygens (including phenoxy) is 1. The highest BCUT2D eigenvalue weighted by atomic mass is 32.1. The Morgan fingerprint density at radius 1 is 1.25 bits per heavy atom. The first-order valence-electron chi connectivity index (χ1n) is 8.41. The first kappa shape index (κ1) is 17.0. The average molecular weight is 344 g/mol. The third-order valence-electron chi connectivity index (χ3n) is 4.09.